The maximum absolute atomic E-state index is 11.7. The second kappa shape index (κ2) is 5.82. The van der Waals surface area contributed by atoms with Crippen molar-refractivity contribution in [2.45, 2.75) is 25.8 Å². The van der Waals surface area contributed by atoms with Crippen molar-refractivity contribution < 1.29 is 9.59 Å². The Balaban J connectivity index is 2.40. The van der Waals surface area contributed by atoms with Gasteiger partial charge in [-0.1, -0.05) is 0 Å². The second-order valence-corrected chi connectivity index (χ2v) is 3.80. The molecular weight excluding hydrogens is 194 g/mol. The molecule has 1 fully saturated rings. The Morgan fingerprint density at radius 1 is 1.53 bits per heavy atom. The molecule has 1 saturated heterocycles. The number of hydrogen-bond acceptors (Lipinski definition) is 4. The van der Waals surface area contributed by atoms with Crippen LogP contribution in [0.15, 0.2) is 0 Å². The topological polar surface area (TPSA) is 75.4 Å². The standard InChI is InChI=1S/C10H19N3O2/c1-8(14)13-6-2-3-9(13)10(15)7-12-5-4-11/h9,12H,2-7,11H2,1H3. The number of ketones is 1. The lowest BCUT2D eigenvalue weighted by Crippen LogP contribution is -2.43. The maximum atomic E-state index is 11.7. The Hall–Kier alpha value is -0.940. The van der Waals surface area contributed by atoms with Gasteiger partial charge < -0.3 is 16.0 Å². The molecule has 1 aliphatic rings. The number of rotatable bonds is 5. The van der Waals surface area contributed by atoms with Crippen LogP contribution in [-0.2, 0) is 9.59 Å². The number of carbonyl (C=O) groups excluding carboxylic acids is 2. The zero-order valence-corrected chi connectivity index (χ0v) is 9.16. The van der Waals surface area contributed by atoms with Crippen molar-refractivity contribution in [3.05, 3.63) is 0 Å². The van der Waals surface area contributed by atoms with E-state index in [4.69, 9.17) is 5.73 Å². The molecule has 0 aromatic carbocycles. The number of carbonyl (C=O) groups is 2. The third-order valence-electron chi connectivity index (χ3n) is 2.65. The van der Waals surface area contributed by atoms with E-state index in [1.165, 1.54) is 6.92 Å². The zero-order chi connectivity index (χ0) is 11.3. The van der Waals surface area contributed by atoms with Gasteiger partial charge in [0.2, 0.25) is 5.91 Å². The van der Waals surface area contributed by atoms with Crippen LogP contribution in [0.5, 0.6) is 0 Å². The summed E-state index contributed by atoms with van der Waals surface area (Å²) in [7, 11) is 0. The fraction of sp³-hybridized carbons (Fsp3) is 0.800. The van der Waals surface area contributed by atoms with E-state index in [1.807, 2.05) is 0 Å². The first-order valence-corrected chi connectivity index (χ1v) is 5.37. The van der Waals surface area contributed by atoms with Crippen LogP contribution in [-0.4, -0.2) is 48.8 Å². The van der Waals surface area contributed by atoms with Crippen molar-refractivity contribution in [3.63, 3.8) is 0 Å². The first-order chi connectivity index (χ1) is 7.16. The van der Waals surface area contributed by atoms with E-state index >= 15 is 0 Å². The molecule has 0 aromatic heterocycles. The minimum atomic E-state index is -0.215. The van der Waals surface area contributed by atoms with Gasteiger partial charge in [0.1, 0.15) is 0 Å². The second-order valence-electron chi connectivity index (χ2n) is 3.80. The van der Waals surface area contributed by atoms with E-state index in [0.29, 0.717) is 26.2 Å². The summed E-state index contributed by atoms with van der Waals surface area (Å²) in [4.78, 5) is 24.6. The Labute approximate surface area is 90.0 Å². The fourth-order valence-electron chi connectivity index (χ4n) is 1.91. The average Bonchev–Trinajstić information content (AvgIpc) is 2.66. The monoisotopic (exact) mass is 213 g/mol. The lowest BCUT2D eigenvalue weighted by molar-refractivity contribution is -0.135. The van der Waals surface area contributed by atoms with Crippen LogP contribution in [0.1, 0.15) is 19.8 Å². The summed E-state index contributed by atoms with van der Waals surface area (Å²) in [6.07, 6.45) is 1.72. The van der Waals surface area contributed by atoms with Gasteiger partial charge in [-0.25, -0.2) is 0 Å². The molecule has 1 heterocycles. The number of hydrogen-bond donors (Lipinski definition) is 2. The van der Waals surface area contributed by atoms with Crippen LogP contribution in [0.25, 0.3) is 0 Å². The summed E-state index contributed by atoms with van der Waals surface area (Å²) in [5.74, 6) is 0.0841. The molecule has 0 saturated carbocycles. The summed E-state index contributed by atoms with van der Waals surface area (Å²) in [6, 6.07) is -0.215. The molecule has 15 heavy (non-hydrogen) atoms. The molecule has 1 rings (SSSR count). The molecule has 0 spiro atoms. The highest BCUT2D eigenvalue weighted by Crippen LogP contribution is 2.17. The smallest absolute Gasteiger partial charge is 0.220 e. The predicted octanol–water partition coefficient (Wildman–Crippen LogP) is -0.885. The largest absolute Gasteiger partial charge is 0.333 e. The highest BCUT2D eigenvalue weighted by molar-refractivity contribution is 5.90. The molecule has 0 aromatic rings. The van der Waals surface area contributed by atoms with Gasteiger partial charge in [-0.15, -0.1) is 0 Å². The van der Waals surface area contributed by atoms with Crippen LogP contribution in [0, 0.1) is 0 Å². The number of nitrogens with one attached hydrogen (secondary N) is 1. The van der Waals surface area contributed by atoms with Crippen LogP contribution >= 0.6 is 0 Å². The molecule has 86 valence electrons. The number of likely N-dealkylation sites (tertiary alicyclic amines) is 1. The van der Waals surface area contributed by atoms with E-state index in [2.05, 4.69) is 5.32 Å². The average molecular weight is 213 g/mol. The lowest BCUT2D eigenvalue weighted by Gasteiger charge is -2.22. The Kier molecular flexibility index (Phi) is 4.71. The minimum absolute atomic E-state index is 0.00956. The lowest BCUT2D eigenvalue weighted by atomic mass is 10.1. The van der Waals surface area contributed by atoms with Crippen molar-refractivity contribution in [2.75, 3.05) is 26.2 Å². The quantitative estimate of drug-likeness (QED) is 0.581. The summed E-state index contributed by atoms with van der Waals surface area (Å²) in [6.45, 7) is 3.69. The SMILES string of the molecule is CC(=O)N1CCCC1C(=O)CNCCN. The minimum Gasteiger partial charge on any atom is -0.333 e. The van der Waals surface area contributed by atoms with Crippen LogP contribution in [0.3, 0.4) is 0 Å². The van der Waals surface area contributed by atoms with Crippen LogP contribution in [0.4, 0.5) is 0 Å². The number of nitrogens with zero attached hydrogens (tertiary/aromatic N) is 1. The van der Waals surface area contributed by atoms with E-state index < -0.39 is 0 Å². The summed E-state index contributed by atoms with van der Waals surface area (Å²) in [5.41, 5.74) is 5.31. The van der Waals surface area contributed by atoms with Gasteiger partial charge in [-0.3, -0.25) is 9.59 Å². The number of nitrogens with two attached hydrogens (primary N) is 1. The van der Waals surface area contributed by atoms with Crippen molar-refractivity contribution in [1.82, 2.24) is 10.2 Å². The summed E-state index contributed by atoms with van der Waals surface area (Å²) >= 11 is 0. The van der Waals surface area contributed by atoms with Crippen molar-refractivity contribution in [3.8, 4) is 0 Å². The maximum Gasteiger partial charge on any atom is 0.220 e. The zero-order valence-electron chi connectivity index (χ0n) is 9.16. The third-order valence-corrected chi connectivity index (χ3v) is 2.65. The van der Waals surface area contributed by atoms with Crippen molar-refractivity contribution >= 4 is 11.7 Å². The molecule has 5 heteroatoms. The van der Waals surface area contributed by atoms with Gasteiger partial charge in [0.15, 0.2) is 5.78 Å². The molecule has 5 nitrogen and oxygen atoms in total. The molecule has 0 bridgehead atoms. The predicted molar refractivity (Wildman–Crippen MR) is 57.3 cm³/mol. The Morgan fingerprint density at radius 3 is 2.87 bits per heavy atom. The van der Waals surface area contributed by atoms with Crippen LogP contribution in [0.2, 0.25) is 0 Å². The van der Waals surface area contributed by atoms with Gasteiger partial charge in [-0.05, 0) is 12.8 Å². The summed E-state index contributed by atoms with van der Waals surface area (Å²) in [5, 5.41) is 2.96. The van der Waals surface area contributed by atoms with E-state index in [-0.39, 0.29) is 17.7 Å². The molecule has 1 atom stereocenters. The molecule has 1 aliphatic heterocycles. The first-order valence-electron chi connectivity index (χ1n) is 5.37. The normalized spacial score (nSPS) is 20.7. The fourth-order valence-corrected chi connectivity index (χ4v) is 1.91. The molecule has 1 unspecified atom stereocenters. The highest BCUT2D eigenvalue weighted by Gasteiger charge is 2.31. The van der Waals surface area contributed by atoms with Gasteiger partial charge in [0.05, 0.1) is 12.6 Å². The van der Waals surface area contributed by atoms with Gasteiger partial charge >= 0.3 is 0 Å². The van der Waals surface area contributed by atoms with Crippen molar-refractivity contribution in [2.24, 2.45) is 5.73 Å². The van der Waals surface area contributed by atoms with Crippen LogP contribution < -0.4 is 11.1 Å². The van der Waals surface area contributed by atoms with Gasteiger partial charge in [-0.2, -0.15) is 0 Å². The van der Waals surface area contributed by atoms with E-state index in [0.717, 1.165) is 12.8 Å². The Morgan fingerprint density at radius 2 is 2.27 bits per heavy atom. The number of Topliss-reactive ketones (excluding diaryl/α,β-unsaturated/α-hetero) is 1. The first kappa shape index (κ1) is 12.1. The number of amides is 1. The van der Waals surface area contributed by atoms with Crippen molar-refractivity contribution in [1.29, 1.82) is 0 Å². The summed E-state index contributed by atoms with van der Waals surface area (Å²) < 4.78 is 0. The molecule has 3 N–H and O–H groups in total. The van der Waals surface area contributed by atoms with Gasteiger partial charge in [0.25, 0.3) is 0 Å². The Bertz CT molecular complexity index is 243. The van der Waals surface area contributed by atoms with Gasteiger partial charge in [0, 0.05) is 26.6 Å². The van der Waals surface area contributed by atoms with E-state index in [1.54, 1.807) is 4.90 Å². The third kappa shape index (κ3) is 3.28. The molecule has 0 radical (unpaired) electrons. The van der Waals surface area contributed by atoms with E-state index in [9.17, 15) is 9.59 Å². The highest BCUT2D eigenvalue weighted by atomic mass is 16.2. The molecular formula is C10H19N3O2. The molecule has 0 aliphatic carbocycles. The molecule has 1 amide bonds.